The van der Waals surface area contributed by atoms with Crippen molar-refractivity contribution in [3.63, 3.8) is 0 Å². The fraction of sp³-hybridized carbons (Fsp3) is 0.545. The third kappa shape index (κ3) is 3.84. The Labute approximate surface area is 94.9 Å². The van der Waals surface area contributed by atoms with E-state index in [4.69, 9.17) is 5.11 Å². The molecule has 1 aromatic rings. The van der Waals surface area contributed by atoms with Gasteiger partial charge in [0.25, 0.3) is 0 Å². The molecule has 16 heavy (non-hydrogen) atoms. The Morgan fingerprint density at radius 1 is 1.44 bits per heavy atom. The third-order valence-electron chi connectivity index (χ3n) is 2.16. The summed E-state index contributed by atoms with van der Waals surface area (Å²) in [5, 5.41) is 11.7. The van der Waals surface area contributed by atoms with Gasteiger partial charge in [-0.15, -0.1) is 0 Å². The molecule has 0 radical (unpaired) electrons. The minimum Gasteiger partial charge on any atom is -0.481 e. The molecule has 1 heterocycles. The standard InChI is InChI=1S/C11H17N3O2/c1-4-8-6-12-10(13-7-8)14-11(2,3)5-9(15)16/h6-7H,4-5H2,1-3H3,(H,15,16)(H,12,13,14). The molecular formula is C11H17N3O2. The Bertz CT molecular complexity index is 360. The first-order valence-electron chi connectivity index (χ1n) is 5.24. The SMILES string of the molecule is CCc1cnc(NC(C)(C)CC(=O)O)nc1. The summed E-state index contributed by atoms with van der Waals surface area (Å²) in [5.41, 5.74) is 0.501. The fourth-order valence-corrected chi connectivity index (χ4v) is 1.33. The Balaban J connectivity index is 2.68. The van der Waals surface area contributed by atoms with Crippen LogP contribution < -0.4 is 5.32 Å². The van der Waals surface area contributed by atoms with E-state index in [0.29, 0.717) is 5.95 Å². The second kappa shape index (κ2) is 4.92. The van der Waals surface area contributed by atoms with Gasteiger partial charge in [-0.1, -0.05) is 6.92 Å². The van der Waals surface area contributed by atoms with Crippen molar-refractivity contribution in [2.45, 2.75) is 39.2 Å². The van der Waals surface area contributed by atoms with Crippen LogP contribution in [-0.4, -0.2) is 26.6 Å². The number of anilines is 1. The number of aryl methyl sites for hydroxylation is 1. The summed E-state index contributed by atoms with van der Waals surface area (Å²) in [6, 6.07) is 0. The van der Waals surface area contributed by atoms with Gasteiger partial charge in [0.15, 0.2) is 0 Å². The smallest absolute Gasteiger partial charge is 0.305 e. The van der Waals surface area contributed by atoms with E-state index in [0.717, 1.165) is 12.0 Å². The fourth-order valence-electron chi connectivity index (χ4n) is 1.33. The van der Waals surface area contributed by atoms with Crippen LogP contribution in [0.4, 0.5) is 5.95 Å². The first-order valence-corrected chi connectivity index (χ1v) is 5.24. The minimum atomic E-state index is -0.845. The number of carboxylic acids is 1. The molecule has 0 aliphatic rings. The molecule has 0 unspecified atom stereocenters. The number of carbonyl (C=O) groups is 1. The average molecular weight is 223 g/mol. The van der Waals surface area contributed by atoms with Crippen molar-refractivity contribution in [3.8, 4) is 0 Å². The summed E-state index contributed by atoms with van der Waals surface area (Å²) in [6.45, 7) is 5.64. The summed E-state index contributed by atoms with van der Waals surface area (Å²) in [4.78, 5) is 18.9. The molecule has 1 rings (SSSR count). The van der Waals surface area contributed by atoms with Crippen molar-refractivity contribution in [1.82, 2.24) is 9.97 Å². The van der Waals surface area contributed by atoms with Crippen LogP contribution in [0.15, 0.2) is 12.4 Å². The van der Waals surface area contributed by atoms with Gasteiger partial charge >= 0.3 is 5.97 Å². The van der Waals surface area contributed by atoms with Crippen molar-refractivity contribution in [2.75, 3.05) is 5.32 Å². The van der Waals surface area contributed by atoms with Gasteiger partial charge < -0.3 is 10.4 Å². The highest BCUT2D eigenvalue weighted by atomic mass is 16.4. The van der Waals surface area contributed by atoms with Gasteiger partial charge in [-0.3, -0.25) is 4.79 Å². The van der Waals surface area contributed by atoms with Crippen molar-refractivity contribution in [1.29, 1.82) is 0 Å². The molecule has 5 nitrogen and oxygen atoms in total. The first kappa shape index (κ1) is 12.4. The normalized spacial score (nSPS) is 11.2. The number of hydrogen-bond donors (Lipinski definition) is 2. The maximum absolute atomic E-state index is 10.6. The van der Waals surface area contributed by atoms with Crippen molar-refractivity contribution < 1.29 is 9.90 Å². The molecule has 0 atom stereocenters. The summed E-state index contributed by atoms with van der Waals surface area (Å²) in [5.74, 6) is -0.383. The predicted molar refractivity (Wildman–Crippen MR) is 61.4 cm³/mol. The number of carboxylic acid groups (broad SMARTS) is 1. The van der Waals surface area contributed by atoms with E-state index in [1.54, 1.807) is 26.2 Å². The largest absolute Gasteiger partial charge is 0.481 e. The van der Waals surface area contributed by atoms with Crippen LogP contribution in [-0.2, 0) is 11.2 Å². The lowest BCUT2D eigenvalue weighted by Gasteiger charge is -2.24. The van der Waals surface area contributed by atoms with E-state index in [1.165, 1.54) is 0 Å². The lowest BCUT2D eigenvalue weighted by molar-refractivity contribution is -0.137. The Morgan fingerprint density at radius 3 is 2.44 bits per heavy atom. The Kier molecular flexibility index (Phi) is 3.82. The molecular weight excluding hydrogens is 206 g/mol. The van der Waals surface area contributed by atoms with Crippen LogP contribution in [0.2, 0.25) is 0 Å². The molecule has 0 aromatic carbocycles. The van der Waals surface area contributed by atoms with Gasteiger partial charge in [0.2, 0.25) is 5.95 Å². The van der Waals surface area contributed by atoms with Crippen LogP contribution in [0.25, 0.3) is 0 Å². The summed E-state index contributed by atoms with van der Waals surface area (Å²) >= 11 is 0. The quantitative estimate of drug-likeness (QED) is 0.794. The second-order valence-corrected chi connectivity index (χ2v) is 4.35. The second-order valence-electron chi connectivity index (χ2n) is 4.35. The van der Waals surface area contributed by atoms with E-state index in [-0.39, 0.29) is 6.42 Å². The van der Waals surface area contributed by atoms with Gasteiger partial charge in [-0.2, -0.15) is 0 Å². The number of aromatic nitrogens is 2. The van der Waals surface area contributed by atoms with Crippen LogP contribution in [0.1, 0.15) is 32.8 Å². The van der Waals surface area contributed by atoms with E-state index >= 15 is 0 Å². The zero-order chi connectivity index (χ0) is 12.2. The molecule has 0 amide bonds. The number of nitrogens with one attached hydrogen (secondary N) is 1. The maximum Gasteiger partial charge on any atom is 0.305 e. The molecule has 0 aliphatic carbocycles. The van der Waals surface area contributed by atoms with E-state index in [2.05, 4.69) is 15.3 Å². The molecule has 0 spiro atoms. The number of rotatable bonds is 5. The zero-order valence-electron chi connectivity index (χ0n) is 9.82. The summed E-state index contributed by atoms with van der Waals surface area (Å²) < 4.78 is 0. The number of nitrogens with zero attached hydrogens (tertiary/aromatic N) is 2. The predicted octanol–water partition coefficient (Wildman–Crippen LogP) is 1.70. The van der Waals surface area contributed by atoms with E-state index in [1.807, 2.05) is 6.92 Å². The highest BCUT2D eigenvalue weighted by Gasteiger charge is 2.22. The van der Waals surface area contributed by atoms with E-state index < -0.39 is 11.5 Å². The highest BCUT2D eigenvalue weighted by molar-refractivity contribution is 5.68. The van der Waals surface area contributed by atoms with Crippen molar-refractivity contribution >= 4 is 11.9 Å². The van der Waals surface area contributed by atoms with Gasteiger partial charge in [-0.25, -0.2) is 9.97 Å². The van der Waals surface area contributed by atoms with E-state index in [9.17, 15) is 4.79 Å². The van der Waals surface area contributed by atoms with Gasteiger partial charge in [0.1, 0.15) is 0 Å². The molecule has 0 fully saturated rings. The van der Waals surface area contributed by atoms with Gasteiger partial charge in [0, 0.05) is 17.9 Å². The van der Waals surface area contributed by atoms with Crippen LogP contribution in [0, 0.1) is 0 Å². The third-order valence-corrected chi connectivity index (χ3v) is 2.16. The topological polar surface area (TPSA) is 75.1 Å². The summed E-state index contributed by atoms with van der Waals surface area (Å²) in [7, 11) is 0. The zero-order valence-corrected chi connectivity index (χ0v) is 9.82. The molecule has 0 bridgehead atoms. The molecule has 2 N–H and O–H groups in total. The van der Waals surface area contributed by atoms with Crippen LogP contribution in [0.3, 0.4) is 0 Å². The summed E-state index contributed by atoms with van der Waals surface area (Å²) in [6.07, 6.45) is 4.39. The average Bonchev–Trinajstić information content (AvgIpc) is 2.16. The van der Waals surface area contributed by atoms with Gasteiger partial charge in [0.05, 0.1) is 6.42 Å². The van der Waals surface area contributed by atoms with Gasteiger partial charge in [-0.05, 0) is 25.8 Å². The first-order chi connectivity index (χ1) is 7.43. The molecule has 0 aliphatic heterocycles. The van der Waals surface area contributed by atoms with Crippen LogP contribution >= 0.6 is 0 Å². The van der Waals surface area contributed by atoms with Crippen molar-refractivity contribution in [2.24, 2.45) is 0 Å². The highest BCUT2D eigenvalue weighted by Crippen LogP contribution is 2.14. The van der Waals surface area contributed by atoms with Crippen molar-refractivity contribution in [3.05, 3.63) is 18.0 Å². The van der Waals surface area contributed by atoms with Crippen LogP contribution in [0.5, 0.6) is 0 Å². The Morgan fingerprint density at radius 2 is 2.00 bits per heavy atom. The molecule has 0 saturated heterocycles. The lowest BCUT2D eigenvalue weighted by atomic mass is 10.0. The number of hydrogen-bond acceptors (Lipinski definition) is 4. The minimum absolute atomic E-state index is 0.0197. The maximum atomic E-state index is 10.6. The molecule has 88 valence electrons. The molecule has 0 saturated carbocycles. The Hall–Kier alpha value is -1.65. The lowest BCUT2D eigenvalue weighted by Crippen LogP contribution is -2.34. The molecule has 5 heteroatoms. The monoisotopic (exact) mass is 223 g/mol. The molecule has 1 aromatic heterocycles. The number of aliphatic carboxylic acids is 1.